The highest BCUT2D eigenvalue weighted by Gasteiger charge is 1.91. The Labute approximate surface area is 98.3 Å². The predicted molar refractivity (Wildman–Crippen MR) is 68.4 cm³/mol. The van der Waals surface area contributed by atoms with Crippen molar-refractivity contribution < 1.29 is 4.74 Å². The average Bonchev–Trinajstić information content (AvgIpc) is 2.34. The molecule has 0 saturated heterocycles. The van der Waals surface area contributed by atoms with E-state index in [0.717, 1.165) is 26.0 Å². The van der Waals surface area contributed by atoms with Crippen molar-refractivity contribution in [3.05, 3.63) is 48.0 Å². The second-order valence-electron chi connectivity index (χ2n) is 3.62. The summed E-state index contributed by atoms with van der Waals surface area (Å²) >= 11 is 0. The quantitative estimate of drug-likeness (QED) is 0.412. The molecule has 0 heterocycles. The van der Waals surface area contributed by atoms with Crippen LogP contribution in [0.3, 0.4) is 0 Å². The molecule has 0 atom stereocenters. The molecule has 0 unspecified atom stereocenters. The first-order valence-corrected chi connectivity index (χ1v) is 5.91. The van der Waals surface area contributed by atoms with Crippen molar-refractivity contribution in [3.63, 3.8) is 0 Å². The molecule has 2 heteroatoms. The molecule has 1 aromatic rings. The summed E-state index contributed by atoms with van der Waals surface area (Å²) in [5, 5.41) is 3.20. The third-order valence-electron chi connectivity index (χ3n) is 2.25. The lowest BCUT2D eigenvalue weighted by molar-refractivity contribution is 0.122. The van der Waals surface area contributed by atoms with Crippen molar-refractivity contribution in [2.75, 3.05) is 19.9 Å². The number of hydrogen-bond donors (Lipinski definition) is 1. The van der Waals surface area contributed by atoms with Gasteiger partial charge >= 0.3 is 0 Å². The topological polar surface area (TPSA) is 21.3 Å². The molecule has 0 saturated carbocycles. The standard InChI is InChI=1S/C14H21NO/c1-2-3-7-11-15-13-16-12-10-14-8-5-4-6-9-14/h3-9,15H,2,10-13H2,1H3. The van der Waals surface area contributed by atoms with E-state index in [1.807, 2.05) is 6.07 Å². The SMILES string of the molecule is CCC=CCNCOCCc1ccccc1. The van der Waals surface area contributed by atoms with Crippen molar-refractivity contribution in [1.82, 2.24) is 5.32 Å². The van der Waals surface area contributed by atoms with Crippen LogP contribution in [0.2, 0.25) is 0 Å². The maximum atomic E-state index is 5.47. The van der Waals surface area contributed by atoms with Crippen molar-refractivity contribution in [1.29, 1.82) is 0 Å². The highest BCUT2D eigenvalue weighted by Crippen LogP contribution is 1.98. The summed E-state index contributed by atoms with van der Waals surface area (Å²) in [5.74, 6) is 0. The Bertz CT molecular complexity index is 282. The molecule has 88 valence electrons. The van der Waals surface area contributed by atoms with Crippen LogP contribution in [0.15, 0.2) is 42.5 Å². The van der Waals surface area contributed by atoms with Gasteiger partial charge in [0, 0.05) is 6.54 Å². The summed E-state index contributed by atoms with van der Waals surface area (Å²) in [6.07, 6.45) is 6.35. The molecule has 0 bridgehead atoms. The van der Waals surface area contributed by atoms with Crippen LogP contribution in [0.5, 0.6) is 0 Å². The second kappa shape index (κ2) is 9.13. The second-order valence-corrected chi connectivity index (χ2v) is 3.62. The van der Waals surface area contributed by atoms with E-state index >= 15 is 0 Å². The van der Waals surface area contributed by atoms with E-state index in [0.29, 0.717) is 6.73 Å². The summed E-state index contributed by atoms with van der Waals surface area (Å²) in [6, 6.07) is 10.4. The maximum Gasteiger partial charge on any atom is 0.0967 e. The third-order valence-corrected chi connectivity index (χ3v) is 2.25. The lowest BCUT2D eigenvalue weighted by atomic mass is 10.2. The zero-order chi connectivity index (χ0) is 11.5. The summed E-state index contributed by atoms with van der Waals surface area (Å²) < 4.78 is 5.47. The Morgan fingerprint density at radius 3 is 2.75 bits per heavy atom. The predicted octanol–water partition coefficient (Wildman–Crippen LogP) is 2.76. The lowest BCUT2D eigenvalue weighted by Crippen LogP contribution is -2.18. The van der Waals surface area contributed by atoms with E-state index in [-0.39, 0.29) is 0 Å². The first kappa shape index (κ1) is 12.9. The normalized spacial score (nSPS) is 11.1. The molecule has 0 radical (unpaired) electrons. The first-order valence-electron chi connectivity index (χ1n) is 5.91. The van der Waals surface area contributed by atoms with E-state index in [4.69, 9.17) is 4.74 Å². The summed E-state index contributed by atoms with van der Waals surface area (Å²) in [7, 11) is 0. The van der Waals surface area contributed by atoms with Crippen LogP contribution < -0.4 is 5.32 Å². The molecule has 1 aromatic carbocycles. The van der Waals surface area contributed by atoms with E-state index in [2.05, 4.69) is 48.7 Å². The number of hydrogen-bond acceptors (Lipinski definition) is 2. The molecule has 0 aliphatic heterocycles. The van der Waals surface area contributed by atoms with Crippen molar-refractivity contribution in [2.45, 2.75) is 19.8 Å². The minimum absolute atomic E-state index is 0.626. The number of benzene rings is 1. The van der Waals surface area contributed by atoms with Gasteiger partial charge in [0.25, 0.3) is 0 Å². The molecular formula is C14H21NO. The zero-order valence-electron chi connectivity index (χ0n) is 9.99. The molecular weight excluding hydrogens is 198 g/mol. The van der Waals surface area contributed by atoms with Gasteiger partial charge in [-0.1, -0.05) is 49.4 Å². The number of ether oxygens (including phenoxy) is 1. The van der Waals surface area contributed by atoms with Gasteiger partial charge in [-0.3, -0.25) is 5.32 Å². The minimum atomic E-state index is 0.626. The fourth-order valence-corrected chi connectivity index (χ4v) is 1.37. The Morgan fingerprint density at radius 2 is 2.00 bits per heavy atom. The zero-order valence-corrected chi connectivity index (χ0v) is 9.99. The van der Waals surface area contributed by atoms with Crippen molar-refractivity contribution in [2.24, 2.45) is 0 Å². The van der Waals surface area contributed by atoms with Gasteiger partial charge in [-0.05, 0) is 18.4 Å². The molecule has 0 spiro atoms. The molecule has 0 amide bonds. The number of rotatable bonds is 8. The third kappa shape index (κ3) is 6.38. The van der Waals surface area contributed by atoms with Crippen LogP contribution in [-0.2, 0) is 11.2 Å². The monoisotopic (exact) mass is 219 g/mol. The molecule has 1 rings (SSSR count). The van der Waals surface area contributed by atoms with Crippen LogP contribution in [0.1, 0.15) is 18.9 Å². The Morgan fingerprint density at radius 1 is 1.19 bits per heavy atom. The highest BCUT2D eigenvalue weighted by atomic mass is 16.5. The summed E-state index contributed by atoms with van der Waals surface area (Å²) in [4.78, 5) is 0. The lowest BCUT2D eigenvalue weighted by Gasteiger charge is -2.04. The van der Waals surface area contributed by atoms with E-state index in [9.17, 15) is 0 Å². The molecule has 1 N–H and O–H groups in total. The Balaban J connectivity index is 1.94. The van der Waals surface area contributed by atoms with Gasteiger partial charge in [-0.2, -0.15) is 0 Å². The van der Waals surface area contributed by atoms with Gasteiger partial charge in [-0.15, -0.1) is 0 Å². The number of nitrogens with one attached hydrogen (secondary N) is 1. The van der Waals surface area contributed by atoms with Gasteiger partial charge in [0.1, 0.15) is 0 Å². The molecule has 0 aliphatic carbocycles. The minimum Gasteiger partial charge on any atom is -0.366 e. The largest absolute Gasteiger partial charge is 0.366 e. The van der Waals surface area contributed by atoms with Gasteiger partial charge in [-0.25, -0.2) is 0 Å². The van der Waals surface area contributed by atoms with Crippen LogP contribution in [0.4, 0.5) is 0 Å². The van der Waals surface area contributed by atoms with Crippen LogP contribution in [0, 0.1) is 0 Å². The average molecular weight is 219 g/mol. The molecule has 0 fully saturated rings. The van der Waals surface area contributed by atoms with Crippen LogP contribution in [0.25, 0.3) is 0 Å². The maximum absolute atomic E-state index is 5.47. The molecule has 0 aliphatic rings. The van der Waals surface area contributed by atoms with Crippen molar-refractivity contribution >= 4 is 0 Å². The Hall–Kier alpha value is -1.12. The van der Waals surface area contributed by atoms with Crippen LogP contribution >= 0.6 is 0 Å². The highest BCUT2D eigenvalue weighted by molar-refractivity contribution is 5.14. The van der Waals surface area contributed by atoms with Crippen molar-refractivity contribution in [3.8, 4) is 0 Å². The summed E-state index contributed by atoms with van der Waals surface area (Å²) in [6.45, 7) is 4.42. The van der Waals surface area contributed by atoms with Gasteiger partial charge in [0.15, 0.2) is 0 Å². The first-order chi connectivity index (χ1) is 7.93. The molecule has 0 aromatic heterocycles. The fraction of sp³-hybridized carbons (Fsp3) is 0.429. The number of allylic oxidation sites excluding steroid dienone is 1. The fourth-order valence-electron chi connectivity index (χ4n) is 1.37. The van der Waals surface area contributed by atoms with Gasteiger partial charge in [0.05, 0.1) is 13.3 Å². The van der Waals surface area contributed by atoms with E-state index < -0.39 is 0 Å². The molecule has 16 heavy (non-hydrogen) atoms. The Kier molecular flexibility index (Phi) is 7.39. The van der Waals surface area contributed by atoms with E-state index in [1.165, 1.54) is 5.56 Å². The summed E-state index contributed by atoms with van der Waals surface area (Å²) in [5.41, 5.74) is 1.33. The van der Waals surface area contributed by atoms with E-state index in [1.54, 1.807) is 0 Å². The van der Waals surface area contributed by atoms with Gasteiger partial charge < -0.3 is 4.74 Å². The molecule has 2 nitrogen and oxygen atoms in total. The van der Waals surface area contributed by atoms with Gasteiger partial charge in [0.2, 0.25) is 0 Å². The van der Waals surface area contributed by atoms with Crippen LogP contribution in [-0.4, -0.2) is 19.9 Å². The smallest absolute Gasteiger partial charge is 0.0967 e.